The van der Waals surface area contributed by atoms with Gasteiger partial charge in [-0.15, -0.1) is 11.3 Å². The van der Waals surface area contributed by atoms with Gasteiger partial charge < -0.3 is 5.73 Å². The van der Waals surface area contributed by atoms with Crippen LogP contribution in [0.3, 0.4) is 0 Å². The first-order valence-electron chi connectivity index (χ1n) is 6.26. The molecule has 0 amide bonds. The molecule has 0 saturated carbocycles. The van der Waals surface area contributed by atoms with E-state index >= 15 is 0 Å². The van der Waals surface area contributed by atoms with E-state index < -0.39 is 0 Å². The summed E-state index contributed by atoms with van der Waals surface area (Å²) in [5.74, 6) is 0. The molecule has 2 N–H and O–H groups in total. The largest absolute Gasteiger partial charge is 0.396 e. The van der Waals surface area contributed by atoms with E-state index in [9.17, 15) is 0 Å². The summed E-state index contributed by atoms with van der Waals surface area (Å²) >= 11 is 5.23. The van der Waals surface area contributed by atoms with Crippen molar-refractivity contribution in [1.29, 1.82) is 0 Å². The Morgan fingerprint density at radius 3 is 2.80 bits per heavy atom. The Balaban J connectivity index is 1.94. The van der Waals surface area contributed by atoms with Crippen LogP contribution in [0.25, 0.3) is 10.6 Å². The molecule has 0 unspecified atom stereocenters. The topological polar surface area (TPSA) is 43.8 Å². The van der Waals surface area contributed by atoms with Crippen LogP contribution in [0, 0.1) is 6.92 Å². The molecule has 3 nitrogen and oxygen atoms in total. The van der Waals surface area contributed by atoms with E-state index in [1.165, 1.54) is 11.1 Å². The second-order valence-electron chi connectivity index (χ2n) is 4.65. The number of aromatic nitrogens is 2. The summed E-state index contributed by atoms with van der Waals surface area (Å²) in [6, 6.07) is 10.2. The number of benzene rings is 1. The molecule has 5 heteroatoms. The van der Waals surface area contributed by atoms with Crippen LogP contribution in [0.15, 0.2) is 46.4 Å². The van der Waals surface area contributed by atoms with Crippen molar-refractivity contribution in [2.75, 3.05) is 5.73 Å². The number of hydrogen-bond donors (Lipinski definition) is 1. The van der Waals surface area contributed by atoms with Gasteiger partial charge in [-0.2, -0.15) is 5.10 Å². The Bertz CT molecular complexity index is 745. The molecule has 0 aliphatic heterocycles. The van der Waals surface area contributed by atoms with Gasteiger partial charge in [-0.3, -0.25) is 4.68 Å². The molecule has 0 atom stereocenters. The zero-order valence-corrected chi connectivity index (χ0v) is 13.4. The third-order valence-corrected chi connectivity index (χ3v) is 4.95. The fourth-order valence-electron chi connectivity index (χ4n) is 2.11. The number of aryl methyl sites for hydroxylation is 1. The second-order valence-corrected chi connectivity index (χ2v) is 6.43. The number of thiophene rings is 1. The van der Waals surface area contributed by atoms with Gasteiger partial charge in [-0.25, -0.2) is 0 Å². The first kappa shape index (κ1) is 13.4. The molecule has 3 rings (SSSR count). The summed E-state index contributed by atoms with van der Waals surface area (Å²) in [5, 5.41) is 6.70. The fraction of sp³-hybridized carbons (Fsp3) is 0.133. The molecular weight excluding hydrogens is 334 g/mol. The average Bonchev–Trinajstić information content (AvgIpc) is 2.98. The lowest BCUT2D eigenvalue weighted by Gasteiger charge is -2.04. The molecule has 1 aromatic carbocycles. The van der Waals surface area contributed by atoms with Gasteiger partial charge in [-0.05, 0) is 35.6 Å². The van der Waals surface area contributed by atoms with Crippen molar-refractivity contribution in [3.8, 4) is 10.6 Å². The van der Waals surface area contributed by atoms with Gasteiger partial charge >= 0.3 is 0 Å². The van der Waals surface area contributed by atoms with Crippen molar-refractivity contribution >= 4 is 33.0 Å². The summed E-state index contributed by atoms with van der Waals surface area (Å²) in [6.07, 6.45) is 1.90. The number of rotatable bonds is 3. The molecule has 102 valence electrons. The Hall–Kier alpha value is -1.59. The van der Waals surface area contributed by atoms with Crippen molar-refractivity contribution in [1.82, 2.24) is 9.78 Å². The van der Waals surface area contributed by atoms with Crippen LogP contribution in [-0.4, -0.2) is 9.78 Å². The average molecular weight is 348 g/mol. The molecule has 3 aromatic rings. The van der Waals surface area contributed by atoms with E-state index in [4.69, 9.17) is 5.73 Å². The highest BCUT2D eigenvalue weighted by Gasteiger charge is 2.12. The molecule has 0 bridgehead atoms. The van der Waals surface area contributed by atoms with Crippen molar-refractivity contribution in [3.63, 3.8) is 0 Å². The van der Waals surface area contributed by atoms with Crippen LogP contribution in [0.4, 0.5) is 5.69 Å². The Kier molecular flexibility index (Phi) is 3.63. The Morgan fingerprint density at radius 2 is 2.10 bits per heavy atom. The van der Waals surface area contributed by atoms with Gasteiger partial charge in [0.25, 0.3) is 0 Å². The van der Waals surface area contributed by atoms with Gasteiger partial charge in [-0.1, -0.05) is 34.1 Å². The smallest absolute Gasteiger partial charge is 0.125 e. The SMILES string of the molecule is Cc1ccsc1-c1nn(Cc2ccccc2Br)cc1N. The van der Waals surface area contributed by atoms with Crippen molar-refractivity contribution in [3.05, 3.63) is 57.5 Å². The number of nitrogens with two attached hydrogens (primary N) is 1. The molecule has 0 aliphatic carbocycles. The van der Waals surface area contributed by atoms with E-state index in [-0.39, 0.29) is 0 Å². The minimum absolute atomic E-state index is 0.704. The van der Waals surface area contributed by atoms with Crippen molar-refractivity contribution < 1.29 is 0 Å². The zero-order chi connectivity index (χ0) is 14.1. The summed E-state index contributed by atoms with van der Waals surface area (Å²) in [4.78, 5) is 1.15. The maximum atomic E-state index is 6.10. The van der Waals surface area contributed by atoms with Crippen LogP contribution in [0.1, 0.15) is 11.1 Å². The first-order chi connectivity index (χ1) is 9.65. The highest BCUT2D eigenvalue weighted by Crippen LogP contribution is 2.32. The van der Waals surface area contributed by atoms with E-state index in [2.05, 4.69) is 45.5 Å². The van der Waals surface area contributed by atoms with Gasteiger partial charge in [0.1, 0.15) is 5.69 Å². The third kappa shape index (κ3) is 2.51. The van der Waals surface area contributed by atoms with Gasteiger partial charge in [0.2, 0.25) is 0 Å². The predicted molar refractivity (Wildman–Crippen MR) is 87.9 cm³/mol. The van der Waals surface area contributed by atoms with Gasteiger partial charge in [0.05, 0.1) is 17.1 Å². The minimum atomic E-state index is 0.704. The number of anilines is 1. The molecule has 0 aliphatic rings. The normalized spacial score (nSPS) is 10.9. The summed E-state index contributed by atoms with van der Waals surface area (Å²) < 4.78 is 2.98. The lowest BCUT2D eigenvalue weighted by atomic mass is 10.2. The number of nitrogens with zero attached hydrogens (tertiary/aromatic N) is 2. The molecule has 0 spiro atoms. The minimum Gasteiger partial charge on any atom is -0.396 e. The Morgan fingerprint density at radius 1 is 1.30 bits per heavy atom. The van der Waals surface area contributed by atoms with E-state index in [0.717, 1.165) is 20.7 Å². The monoisotopic (exact) mass is 347 g/mol. The first-order valence-corrected chi connectivity index (χ1v) is 7.93. The lowest BCUT2D eigenvalue weighted by Crippen LogP contribution is -2.01. The fourth-order valence-corrected chi connectivity index (χ4v) is 3.45. The second kappa shape index (κ2) is 5.42. The maximum Gasteiger partial charge on any atom is 0.125 e. The van der Waals surface area contributed by atoms with Gasteiger partial charge in [0.15, 0.2) is 0 Å². The molecular formula is C15H14BrN3S. The number of halogens is 1. The predicted octanol–water partition coefficient (Wildman–Crippen LogP) is 4.31. The van der Waals surface area contributed by atoms with Crippen LogP contribution < -0.4 is 5.73 Å². The lowest BCUT2D eigenvalue weighted by molar-refractivity contribution is 0.688. The number of hydrogen-bond acceptors (Lipinski definition) is 3. The Labute approximate surface area is 130 Å². The molecule has 0 radical (unpaired) electrons. The van der Waals surface area contributed by atoms with E-state index in [1.807, 2.05) is 29.1 Å². The summed E-state index contributed by atoms with van der Waals surface area (Å²) in [6.45, 7) is 2.79. The van der Waals surface area contributed by atoms with E-state index in [1.54, 1.807) is 11.3 Å². The van der Waals surface area contributed by atoms with Crippen molar-refractivity contribution in [2.45, 2.75) is 13.5 Å². The van der Waals surface area contributed by atoms with Crippen LogP contribution in [0.2, 0.25) is 0 Å². The van der Waals surface area contributed by atoms with Gasteiger partial charge in [0, 0.05) is 10.7 Å². The van der Waals surface area contributed by atoms with Crippen LogP contribution >= 0.6 is 27.3 Å². The molecule has 2 aromatic heterocycles. The quantitative estimate of drug-likeness (QED) is 0.766. The van der Waals surface area contributed by atoms with Crippen LogP contribution in [0.5, 0.6) is 0 Å². The summed E-state index contributed by atoms with van der Waals surface area (Å²) in [5.41, 5.74) is 10.1. The third-order valence-electron chi connectivity index (χ3n) is 3.16. The standard InChI is InChI=1S/C15H14BrN3S/c1-10-6-7-20-15(10)14-13(17)9-19(18-14)8-11-4-2-3-5-12(11)16/h2-7,9H,8,17H2,1H3. The molecule has 20 heavy (non-hydrogen) atoms. The molecule has 0 fully saturated rings. The highest BCUT2D eigenvalue weighted by molar-refractivity contribution is 9.10. The van der Waals surface area contributed by atoms with Crippen LogP contribution in [-0.2, 0) is 6.54 Å². The zero-order valence-electron chi connectivity index (χ0n) is 11.0. The highest BCUT2D eigenvalue weighted by atomic mass is 79.9. The summed E-state index contributed by atoms with van der Waals surface area (Å²) in [7, 11) is 0. The molecule has 0 saturated heterocycles. The number of nitrogen functional groups attached to an aromatic ring is 1. The van der Waals surface area contributed by atoms with E-state index in [0.29, 0.717) is 6.54 Å². The maximum absolute atomic E-state index is 6.10. The van der Waals surface area contributed by atoms with Crippen molar-refractivity contribution in [2.24, 2.45) is 0 Å². The molecule has 2 heterocycles.